The Labute approximate surface area is 215 Å². The van der Waals surface area contributed by atoms with Crippen LogP contribution in [-0.2, 0) is 30.5 Å². The number of amides is 2. The molecular weight excluding hydrogens is 503 g/mol. The zero-order valence-corrected chi connectivity index (χ0v) is 20.8. The van der Waals surface area contributed by atoms with Gasteiger partial charge in [0.15, 0.2) is 5.82 Å². The molecule has 13 heteroatoms. The first-order valence-corrected chi connectivity index (χ1v) is 11.9. The number of alkyl halides is 3. The number of carbonyl (C=O) groups is 2. The van der Waals surface area contributed by atoms with E-state index in [1.165, 1.54) is 30.9 Å². The second-order valence-electron chi connectivity index (χ2n) is 8.97. The number of hydrogen-bond donors (Lipinski definition) is 1. The topological polar surface area (TPSA) is 107 Å². The SMILES string of the molecule is CCn1nc(NC(=O)n2ccc3cc(Oc4ncnc5c4CC(C)N(C(C)=O)C5)ccc32)cc1C(F)(F)F. The zero-order chi connectivity index (χ0) is 27.2. The van der Waals surface area contributed by atoms with E-state index in [-0.39, 0.29) is 24.3 Å². The Hall–Kier alpha value is -4.42. The molecule has 4 aromatic rings. The maximum atomic E-state index is 13.2. The number of aryl methyl sites for hydroxylation is 1. The van der Waals surface area contributed by atoms with E-state index in [0.29, 0.717) is 35.5 Å². The Bertz CT molecular complexity index is 1540. The van der Waals surface area contributed by atoms with Crippen LogP contribution in [0.1, 0.15) is 37.7 Å². The van der Waals surface area contributed by atoms with Crippen LogP contribution in [0.25, 0.3) is 10.9 Å². The lowest BCUT2D eigenvalue weighted by Crippen LogP contribution is -2.41. The van der Waals surface area contributed by atoms with Gasteiger partial charge in [0.2, 0.25) is 11.8 Å². The normalized spacial score (nSPS) is 15.4. The predicted molar refractivity (Wildman–Crippen MR) is 131 cm³/mol. The minimum absolute atomic E-state index is 0.00335. The van der Waals surface area contributed by atoms with Gasteiger partial charge < -0.3 is 9.64 Å². The molecule has 1 aliphatic rings. The molecule has 0 radical (unpaired) electrons. The van der Waals surface area contributed by atoms with E-state index in [1.807, 2.05) is 6.92 Å². The van der Waals surface area contributed by atoms with E-state index in [0.717, 1.165) is 22.0 Å². The number of carbonyl (C=O) groups excluding carboxylic acids is 2. The summed E-state index contributed by atoms with van der Waals surface area (Å²) in [5.74, 6) is 0.656. The fraction of sp³-hybridized carbons (Fsp3) is 0.320. The standard InChI is InChI=1S/C25H24F3N7O3/c1-4-35-21(25(26,27)28)11-22(32-35)31-24(37)33-8-7-16-10-17(5-6-20(16)33)38-23-18-9-14(2)34(15(3)36)12-19(18)29-13-30-23/h5-8,10-11,13-14H,4,9,12H2,1-3H3,(H,31,32,37). The highest BCUT2D eigenvalue weighted by Gasteiger charge is 2.36. The van der Waals surface area contributed by atoms with Gasteiger partial charge in [-0.2, -0.15) is 18.3 Å². The lowest BCUT2D eigenvalue weighted by Gasteiger charge is -2.33. The molecule has 5 rings (SSSR count). The van der Waals surface area contributed by atoms with Crippen LogP contribution >= 0.6 is 0 Å². The van der Waals surface area contributed by atoms with Crippen molar-refractivity contribution < 1.29 is 27.5 Å². The summed E-state index contributed by atoms with van der Waals surface area (Å²) < 4.78 is 47.8. The summed E-state index contributed by atoms with van der Waals surface area (Å²) in [5.41, 5.74) is 1.15. The van der Waals surface area contributed by atoms with E-state index in [9.17, 15) is 22.8 Å². The van der Waals surface area contributed by atoms with E-state index in [4.69, 9.17) is 4.74 Å². The Morgan fingerprint density at radius 3 is 2.66 bits per heavy atom. The molecule has 0 saturated heterocycles. The highest BCUT2D eigenvalue weighted by molar-refractivity contribution is 5.98. The summed E-state index contributed by atoms with van der Waals surface area (Å²) in [6.45, 7) is 5.40. The van der Waals surface area contributed by atoms with Crippen molar-refractivity contribution in [1.29, 1.82) is 0 Å². The second-order valence-corrected chi connectivity index (χ2v) is 8.97. The monoisotopic (exact) mass is 527 g/mol. The molecule has 0 spiro atoms. The van der Waals surface area contributed by atoms with Gasteiger partial charge in [0.05, 0.1) is 17.8 Å². The molecule has 1 aliphatic heterocycles. The molecule has 0 saturated carbocycles. The van der Waals surface area contributed by atoms with Gasteiger partial charge in [-0.3, -0.25) is 19.4 Å². The van der Waals surface area contributed by atoms with Crippen molar-refractivity contribution in [3.63, 3.8) is 0 Å². The molecule has 0 fully saturated rings. The number of halogens is 3. The average molecular weight is 528 g/mol. The summed E-state index contributed by atoms with van der Waals surface area (Å²) in [5, 5.41) is 6.94. The van der Waals surface area contributed by atoms with Crippen molar-refractivity contribution in [2.45, 2.75) is 52.5 Å². The van der Waals surface area contributed by atoms with E-state index in [2.05, 4.69) is 20.4 Å². The minimum atomic E-state index is -4.59. The lowest BCUT2D eigenvalue weighted by molar-refractivity contribution is -0.144. The molecule has 1 aromatic carbocycles. The highest BCUT2D eigenvalue weighted by Crippen LogP contribution is 2.33. The summed E-state index contributed by atoms with van der Waals surface area (Å²) in [4.78, 5) is 35.1. The quantitative estimate of drug-likeness (QED) is 0.407. The smallest absolute Gasteiger partial charge is 0.433 e. The van der Waals surface area contributed by atoms with Crippen LogP contribution in [0.3, 0.4) is 0 Å². The number of hydrogen-bond acceptors (Lipinski definition) is 6. The lowest BCUT2D eigenvalue weighted by atomic mass is 9.99. The number of nitrogens with one attached hydrogen (secondary N) is 1. The maximum absolute atomic E-state index is 13.2. The fourth-order valence-electron chi connectivity index (χ4n) is 4.59. The van der Waals surface area contributed by atoms with Crippen molar-refractivity contribution in [2.24, 2.45) is 0 Å². The second kappa shape index (κ2) is 9.47. The molecule has 1 N–H and O–H groups in total. The van der Waals surface area contributed by atoms with Crippen molar-refractivity contribution in [3.05, 3.63) is 59.8 Å². The maximum Gasteiger partial charge on any atom is 0.433 e. The van der Waals surface area contributed by atoms with Crippen LogP contribution in [-0.4, -0.2) is 47.2 Å². The number of rotatable bonds is 4. The molecule has 198 valence electrons. The summed E-state index contributed by atoms with van der Waals surface area (Å²) in [6.07, 6.45) is -1.13. The van der Waals surface area contributed by atoms with Gasteiger partial charge in [0.1, 0.15) is 17.8 Å². The number of fused-ring (bicyclic) bond motifs is 2. The van der Waals surface area contributed by atoms with Crippen LogP contribution in [0, 0.1) is 0 Å². The Morgan fingerprint density at radius 2 is 1.97 bits per heavy atom. The Morgan fingerprint density at radius 1 is 1.18 bits per heavy atom. The Balaban J connectivity index is 1.36. The van der Waals surface area contributed by atoms with Gasteiger partial charge in [0.25, 0.3) is 0 Å². The predicted octanol–water partition coefficient (Wildman–Crippen LogP) is 4.83. The highest BCUT2D eigenvalue weighted by atomic mass is 19.4. The molecule has 1 atom stereocenters. The first-order chi connectivity index (χ1) is 18.0. The summed E-state index contributed by atoms with van der Waals surface area (Å²) >= 11 is 0. The van der Waals surface area contributed by atoms with Crippen molar-refractivity contribution in [2.75, 3.05) is 5.32 Å². The molecule has 1 unspecified atom stereocenters. The van der Waals surface area contributed by atoms with Crippen LogP contribution in [0.4, 0.5) is 23.8 Å². The first-order valence-electron chi connectivity index (χ1n) is 11.9. The molecule has 0 bridgehead atoms. The molecule has 3 aromatic heterocycles. The van der Waals surface area contributed by atoms with Gasteiger partial charge in [-0.15, -0.1) is 0 Å². The third-order valence-corrected chi connectivity index (χ3v) is 6.45. The molecule has 0 aliphatic carbocycles. The zero-order valence-electron chi connectivity index (χ0n) is 20.8. The molecule has 4 heterocycles. The molecular formula is C25H24F3N7O3. The summed E-state index contributed by atoms with van der Waals surface area (Å²) in [6, 6.07) is 6.88. The van der Waals surface area contributed by atoms with Crippen LogP contribution in [0.15, 0.2) is 42.9 Å². The van der Waals surface area contributed by atoms with E-state index >= 15 is 0 Å². The van der Waals surface area contributed by atoms with Gasteiger partial charge in [-0.05, 0) is 44.5 Å². The fourth-order valence-corrected chi connectivity index (χ4v) is 4.59. The molecule has 2 amide bonds. The first kappa shape index (κ1) is 25.2. The van der Waals surface area contributed by atoms with Gasteiger partial charge in [-0.25, -0.2) is 14.8 Å². The van der Waals surface area contributed by atoms with E-state index < -0.39 is 17.9 Å². The van der Waals surface area contributed by atoms with Crippen LogP contribution < -0.4 is 10.1 Å². The van der Waals surface area contributed by atoms with Crippen molar-refractivity contribution >= 4 is 28.7 Å². The van der Waals surface area contributed by atoms with Crippen LogP contribution in [0.5, 0.6) is 11.6 Å². The van der Waals surface area contributed by atoms with E-state index in [1.54, 1.807) is 29.2 Å². The number of ether oxygens (including phenoxy) is 1. The number of anilines is 1. The molecule has 10 nitrogen and oxygen atoms in total. The van der Waals surface area contributed by atoms with Crippen molar-refractivity contribution in [3.8, 4) is 11.6 Å². The van der Waals surface area contributed by atoms with Crippen molar-refractivity contribution in [1.82, 2.24) is 29.2 Å². The number of benzene rings is 1. The molecule has 38 heavy (non-hydrogen) atoms. The van der Waals surface area contributed by atoms with Gasteiger partial charge >= 0.3 is 12.2 Å². The Kier molecular flexibility index (Phi) is 6.29. The van der Waals surface area contributed by atoms with Crippen LogP contribution in [0.2, 0.25) is 0 Å². The number of aromatic nitrogens is 5. The van der Waals surface area contributed by atoms with Gasteiger partial charge in [-0.1, -0.05) is 0 Å². The summed E-state index contributed by atoms with van der Waals surface area (Å²) in [7, 11) is 0. The third-order valence-electron chi connectivity index (χ3n) is 6.45. The number of nitrogens with zero attached hydrogens (tertiary/aromatic N) is 6. The average Bonchev–Trinajstić information content (AvgIpc) is 3.47. The largest absolute Gasteiger partial charge is 0.439 e. The third kappa shape index (κ3) is 4.66. The minimum Gasteiger partial charge on any atom is -0.439 e. The van der Waals surface area contributed by atoms with Gasteiger partial charge in [0, 0.05) is 42.7 Å².